The minimum atomic E-state index is -2.46. The standard InChI is InChI=1S/C4H5ClF2N4/c5-1-4-8-9-10-11(4)2-3(6)7/h3H,1-2H2. The summed E-state index contributed by atoms with van der Waals surface area (Å²) in [6.45, 7) is -0.505. The summed E-state index contributed by atoms with van der Waals surface area (Å²) in [6, 6.07) is 0. The molecule has 0 aliphatic rings. The smallest absolute Gasteiger partial charge is 0.223 e. The summed E-state index contributed by atoms with van der Waals surface area (Å²) in [4.78, 5) is 0. The van der Waals surface area contributed by atoms with Crippen LogP contribution < -0.4 is 0 Å². The van der Waals surface area contributed by atoms with Crippen LogP contribution >= 0.6 is 11.6 Å². The zero-order valence-electron chi connectivity index (χ0n) is 5.41. The number of hydrogen-bond acceptors (Lipinski definition) is 3. The number of halogens is 3. The second kappa shape index (κ2) is 3.56. The molecule has 0 spiro atoms. The van der Waals surface area contributed by atoms with Crippen LogP contribution in [-0.4, -0.2) is 26.6 Å². The van der Waals surface area contributed by atoms with Crippen LogP contribution in [0, 0.1) is 0 Å². The zero-order valence-corrected chi connectivity index (χ0v) is 6.17. The number of tetrazole rings is 1. The van der Waals surface area contributed by atoms with Gasteiger partial charge in [0.15, 0.2) is 5.82 Å². The summed E-state index contributed by atoms with van der Waals surface area (Å²) in [6.07, 6.45) is -2.46. The van der Waals surface area contributed by atoms with Crippen LogP contribution in [0.5, 0.6) is 0 Å². The second-order valence-electron chi connectivity index (χ2n) is 1.80. The Labute approximate surface area is 66.1 Å². The highest BCUT2D eigenvalue weighted by Crippen LogP contribution is 2.01. The van der Waals surface area contributed by atoms with Crippen LogP contribution in [0.4, 0.5) is 8.78 Å². The van der Waals surface area contributed by atoms with Crippen LogP contribution in [0.15, 0.2) is 0 Å². The summed E-state index contributed by atoms with van der Waals surface area (Å²) in [5, 5.41) is 9.93. The highest BCUT2D eigenvalue weighted by molar-refractivity contribution is 6.16. The molecule has 0 saturated carbocycles. The zero-order chi connectivity index (χ0) is 8.27. The monoisotopic (exact) mass is 182 g/mol. The Bertz CT molecular complexity index is 226. The average molecular weight is 183 g/mol. The molecule has 0 atom stereocenters. The Hall–Kier alpha value is -0.780. The molecule has 0 N–H and O–H groups in total. The van der Waals surface area contributed by atoms with Crippen molar-refractivity contribution in [3.05, 3.63) is 5.82 Å². The van der Waals surface area contributed by atoms with Crippen molar-refractivity contribution in [3.63, 3.8) is 0 Å². The molecule has 62 valence electrons. The molecule has 0 aromatic carbocycles. The van der Waals surface area contributed by atoms with Gasteiger partial charge in [0.25, 0.3) is 6.43 Å². The second-order valence-corrected chi connectivity index (χ2v) is 2.07. The molecular weight excluding hydrogens is 178 g/mol. The van der Waals surface area contributed by atoms with E-state index in [-0.39, 0.29) is 11.7 Å². The van der Waals surface area contributed by atoms with E-state index in [0.717, 1.165) is 4.68 Å². The van der Waals surface area contributed by atoms with Gasteiger partial charge in [0.1, 0.15) is 6.54 Å². The number of alkyl halides is 3. The van der Waals surface area contributed by atoms with Crippen molar-refractivity contribution < 1.29 is 8.78 Å². The van der Waals surface area contributed by atoms with E-state index in [9.17, 15) is 8.78 Å². The maximum Gasteiger partial charge on any atom is 0.258 e. The Kier molecular flexibility index (Phi) is 2.70. The van der Waals surface area contributed by atoms with Crippen molar-refractivity contribution >= 4 is 11.6 Å². The Morgan fingerprint density at radius 1 is 1.55 bits per heavy atom. The molecule has 0 unspecified atom stereocenters. The van der Waals surface area contributed by atoms with Crippen LogP contribution in [0.2, 0.25) is 0 Å². The third kappa shape index (κ3) is 2.07. The molecule has 0 bridgehead atoms. The summed E-state index contributed by atoms with van der Waals surface area (Å²) in [7, 11) is 0. The van der Waals surface area contributed by atoms with Gasteiger partial charge in [-0.2, -0.15) is 0 Å². The molecule has 7 heteroatoms. The first-order valence-corrected chi connectivity index (χ1v) is 3.36. The Morgan fingerprint density at radius 2 is 2.27 bits per heavy atom. The van der Waals surface area contributed by atoms with Gasteiger partial charge in [0.2, 0.25) is 0 Å². The molecule has 11 heavy (non-hydrogen) atoms. The van der Waals surface area contributed by atoms with Crippen molar-refractivity contribution in [2.75, 3.05) is 0 Å². The topological polar surface area (TPSA) is 43.6 Å². The van der Waals surface area contributed by atoms with E-state index < -0.39 is 13.0 Å². The molecule has 4 nitrogen and oxygen atoms in total. The van der Waals surface area contributed by atoms with E-state index in [4.69, 9.17) is 11.6 Å². The van der Waals surface area contributed by atoms with Crippen molar-refractivity contribution in [2.45, 2.75) is 18.9 Å². The van der Waals surface area contributed by atoms with E-state index >= 15 is 0 Å². The lowest BCUT2D eigenvalue weighted by Crippen LogP contribution is -2.11. The van der Waals surface area contributed by atoms with Gasteiger partial charge in [0, 0.05) is 0 Å². The van der Waals surface area contributed by atoms with E-state index in [1.165, 1.54) is 0 Å². The maximum absolute atomic E-state index is 11.8. The first-order chi connectivity index (χ1) is 5.24. The predicted octanol–water partition coefficient (Wildman–Crippen LogP) is 0.677. The van der Waals surface area contributed by atoms with E-state index in [1.807, 2.05) is 0 Å². The molecule has 1 aromatic rings. The molecule has 0 saturated heterocycles. The minimum Gasteiger partial charge on any atom is -0.223 e. The Morgan fingerprint density at radius 3 is 2.82 bits per heavy atom. The SMILES string of the molecule is FC(F)Cn1nnnc1CCl. The summed E-state index contributed by atoms with van der Waals surface area (Å²) < 4.78 is 24.5. The lowest BCUT2D eigenvalue weighted by Gasteiger charge is -1.99. The van der Waals surface area contributed by atoms with Gasteiger partial charge in [-0.25, -0.2) is 13.5 Å². The van der Waals surface area contributed by atoms with Crippen LogP contribution in [0.3, 0.4) is 0 Å². The van der Waals surface area contributed by atoms with E-state index in [1.54, 1.807) is 0 Å². The molecular formula is C4H5ClF2N4. The molecule has 0 fully saturated rings. The summed E-state index contributed by atoms with van der Waals surface area (Å²) >= 11 is 5.35. The fourth-order valence-electron chi connectivity index (χ4n) is 0.591. The van der Waals surface area contributed by atoms with Crippen LogP contribution in [0.25, 0.3) is 0 Å². The molecule has 1 aromatic heterocycles. The van der Waals surface area contributed by atoms with Gasteiger partial charge in [-0.15, -0.1) is 16.7 Å². The fraction of sp³-hybridized carbons (Fsp3) is 0.750. The molecule has 0 aliphatic heterocycles. The lowest BCUT2D eigenvalue weighted by atomic mass is 10.6. The third-order valence-electron chi connectivity index (χ3n) is 1.04. The maximum atomic E-state index is 11.8. The largest absolute Gasteiger partial charge is 0.258 e. The van der Waals surface area contributed by atoms with Gasteiger partial charge < -0.3 is 0 Å². The first-order valence-electron chi connectivity index (χ1n) is 2.83. The van der Waals surface area contributed by atoms with Gasteiger partial charge in [-0.1, -0.05) is 0 Å². The summed E-state index contributed by atoms with van der Waals surface area (Å²) in [5.41, 5.74) is 0. The average Bonchev–Trinajstić information content (AvgIpc) is 2.34. The molecule has 0 aliphatic carbocycles. The van der Waals surface area contributed by atoms with Crippen LogP contribution in [0.1, 0.15) is 5.82 Å². The lowest BCUT2D eigenvalue weighted by molar-refractivity contribution is 0.120. The normalized spacial score (nSPS) is 10.9. The van der Waals surface area contributed by atoms with Gasteiger partial charge >= 0.3 is 0 Å². The highest BCUT2D eigenvalue weighted by Gasteiger charge is 2.09. The predicted molar refractivity (Wildman–Crippen MR) is 33.4 cm³/mol. The number of aromatic nitrogens is 4. The number of rotatable bonds is 3. The molecule has 0 radical (unpaired) electrons. The number of nitrogens with zero attached hydrogens (tertiary/aromatic N) is 4. The van der Waals surface area contributed by atoms with E-state index in [2.05, 4.69) is 15.5 Å². The van der Waals surface area contributed by atoms with Crippen LogP contribution in [-0.2, 0) is 12.4 Å². The van der Waals surface area contributed by atoms with Crippen molar-refractivity contribution in [1.29, 1.82) is 0 Å². The quantitative estimate of drug-likeness (QED) is 0.646. The molecule has 0 amide bonds. The van der Waals surface area contributed by atoms with E-state index in [0.29, 0.717) is 0 Å². The van der Waals surface area contributed by atoms with Gasteiger partial charge in [-0.05, 0) is 10.4 Å². The minimum absolute atomic E-state index is 0.0414. The third-order valence-corrected chi connectivity index (χ3v) is 1.28. The Balaban J connectivity index is 2.68. The summed E-state index contributed by atoms with van der Waals surface area (Å²) in [5.74, 6) is 0.298. The van der Waals surface area contributed by atoms with Crippen molar-refractivity contribution in [2.24, 2.45) is 0 Å². The van der Waals surface area contributed by atoms with Gasteiger partial charge in [0.05, 0.1) is 5.88 Å². The van der Waals surface area contributed by atoms with Crippen molar-refractivity contribution in [3.8, 4) is 0 Å². The van der Waals surface area contributed by atoms with Crippen molar-refractivity contribution in [1.82, 2.24) is 20.2 Å². The fourth-order valence-corrected chi connectivity index (χ4v) is 0.783. The highest BCUT2D eigenvalue weighted by atomic mass is 35.5. The first kappa shape index (κ1) is 8.32. The van der Waals surface area contributed by atoms with Gasteiger partial charge in [-0.3, -0.25) is 0 Å². The molecule has 1 heterocycles. The molecule has 1 rings (SSSR count). The number of hydrogen-bond donors (Lipinski definition) is 0.